The molecule has 0 aromatic carbocycles. The number of esters is 1. The van der Waals surface area contributed by atoms with E-state index in [1.54, 1.807) is 0 Å². The largest absolute Gasteiger partial charge is 0.598 e. The van der Waals surface area contributed by atoms with Gasteiger partial charge in [-0.2, -0.15) is 0 Å². The summed E-state index contributed by atoms with van der Waals surface area (Å²) < 4.78 is 20.6. The number of carbonyl (C=O) groups is 1. The number of unbranched alkanes of at least 4 members (excludes halogenated alkanes) is 1. The molecule has 0 aliphatic rings. The Balaban J connectivity index is 2.82. The van der Waals surface area contributed by atoms with Gasteiger partial charge in [0.15, 0.2) is 0 Å². The number of hydrogen-bond donors (Lipinski definition) is 1. The van der Waals surface area contributed by atoms with Crippen molar-refractivity contribution in [3.05, 3.63) is 21.9 Å². The van der Waals surface area contributed by atoms with Crippen molar-refractivity contribution in [2.45, 2.75) is 71.6 Å². The average Bonchev–Trinajstić information content (AvgIpc) is 2.95. The van der Waals surface area contributed by atoms with Crippen LogP contribution in [-0.2, 0) is 16.1 Å². The minimum Gasteiger partial charge on any atom is -0.598 e. The van der Waals surface area contributed by atoms with Crippen LogP contribution in [0.1, 0.15) is 81.4 Å². The number of rotatable bonds is 9. The first-order valence-corrected chi connectivity index (χ1v) is 10.6. The lowest BCUT2D eigenvalue weighted by Crippen LogP contribution is -2.41. The molecule has 1 heterocycles. The third-order valence-corrected chi connectivity index (χ3v) is 6.20. The van der Waals surface area contributed by atoms with E-state index in [1.807, 2.05) is 32.9 Å². The first-order valence-electron chi connectivity index (χ1n) is 8.60. The van der Waals surface area contributed by atoms with E-state index in [0.29, 0.717) is 17.4 Å². The molecular formula is C18H31NO3S2. The maximum absolute atomic E-state index is 12.5. The van der Waals surface area contributed by atoms with Crippen LogP contribution in [0.4, 0.5) is 0 Å². The molecule has 0 fully saturated rings. The monoisotopic (exact) mass is 373 g/mol. The Morgan fingerprint density at radius 1 is 1.38 bits per heavy atom. The summed E-state index contributed by atoms with van der Waals surface area (Å²) in [5.41, 5.74) is 0. The molecule has 1 aromatic heterocycles. The quantitative estimate of drug-likeness (QED) is 0.382. The third kappa shape index (κ3) is 7.13. The fourth-order valence-electron chi connectivity index (χ4n) is 2.03. The molecule has 0 saturated carbocycles. The normalized spacial score (nSPS) is 14.7. The van der Waals surface area contributed by atoms with Crippen LogP contribution >= 0.6 is 11.3 Å². The van der Waals surface area contributed by atoms with Gasteiger partial charge < -0.3 is 9.29 Å². The second-order valence-electron chi connectivity index (χ2n) is 7.37. The van der Waals surface area contributed by atoms with Crippen LogP contribution < -0.4 is 4.72 Å². The first-order chi connectivity index (χ1) is 11.1. The molecule has 6 heteroatoms. The van der Waals surface area contributed by atoms with Gasteiger partial charge in [-0.15, -0.1) is 16.1 Å². The lowest BCUT2D eigenvalue weighted by atomic mass is 10.0. The fourth-order valence-corrected chi connectivity index (χ4v) is 3.91. The van der Waals surface area contributed by atoms with Crippen LogP contribution in [-0.4, -0.2) is 21.9 Å². The van der Waals surface area contributed by atoms with Crippen molar-refractivity contribution in [2.24, 2.45) is 5.92 Å². The number of thiophene rings is 1. The van der Waals surface area contributed by atoms with Gasteiger partial charge in [-0.3, -0.25) is 0 Å². The van der Waals surface area contributed by atoms with Gasteiger partial charge in [0.2, 0.25) is 0 Å². The molecular weight excluding hydrogens is 342 g/mol. The standard InChI is InChI=1S/C18H31NO3S2/c1-7-8-11-22-17(20)16-10-9-15(23-16)14(12-13(2)3)19-24(21)18(4,5)6/h9-10,13-14,19H,7-8,11-12H2,1-6H3/t14-,24?/m0/s1. The Bertz CT molecular complexity index is 509. The highest BCUT2D eigenvalue weighted by molar-refractivity contribution is 7.90. The van der Waals surface area contributed by atoms with E-state index in [0.717, 1.165) is 24.1 Å². The lowest BCUT2D eigenvalue weighted by molar-refractivity contribution is 0.0505. The van der Waals surface area contributed by atoms with Gasteiger partial charge in [0, 0.05) is 16.2 Å². The third-order valence-electron chi connectivity index (χ3n) is 3.42. The first kappa shape index (κ1) is 21.5. The van der Waals surface area contributed by atoms with E-state index >= 15 is 0 Å². The molecule has 0 saturated heterocycles. The van der Waals surface area contributed by atoms with Crippen LogP contribution in [0.25, 0.3) is 0 Å². The topological polar surface area (TPSA) is 61.4 Å². The molecule has 138 valence electrons. The van der Waals surface area contributed by atoms with E-state index in [4.69, 9.17) is 4.74 Å². The minimum atomic E-state index is -1.15. The molecule has 1 aromatic rings. The van der Waals surface area contributed by atoms with Crippen LogP contribution in [0.15, 0.2) is 12.1 Å². The maximum atomic E-state index is 12.5. The molecule has 24 heavy (non-hydrogen) atoms. The Morgan fingerprint density at radius 3 is 2.58 bits per heavy atom. The van der Waals surface area contributed by atoms with Crippen LogP contribution in [0, 0.1) is 5.92 Å². The Kier molecular flexibility index (Phi) is 8.77. The Morgan fingerprint density at radius 2 is 2.04 bits per heavy atom. The second kappa shape index (κ2) is 9.80. The molecule has 1 rings (SSSR count). The molecule has 0 bridgehead atoms. The van der Waals surface area contributed by atoms with Crippen LogP contribution in [0.3, 0.4) is 0 Å². The number of ether oxygens (including phenoxy) is 1. The highest BCUT2D eigenvalue weighted by Gasteiger charge is 2.31. The second-order valence-corrected chi connectivity index (χ2v) is 10.5. The number of hydrogen-bond acceptors (Lipinski definition) is 5. The predicted octanol–water partition coefficient (Wildman–Crippen LogP) is 4.84. The van der Waals surface area contributed by atoms with Crippen molar-refractivity contribution >= 4 is 28.7 Å². The van der Waals surface area contributed by atoms with Gasteiger partial charge in [-0.25, -0.2) is 4.79 Å². The van der Waals surface area contributed by atoms with Crippen molar-refractivity contribution in [1.29, 1.82) is 0 Å². The predicted molar refractivity (Wildman–Crippen MR) is 103 cm³/mol. The zero-order valence-electron chi connectivity index (χ0n) is 15.7. The van der Waals surface area contributed by atoms with Gasteiger partial charge in [0.05, 0.1) is 12.6 Å². The van der Waals surface area contributed by atoms with Crippen molar-refractivity contribution in [1.82, 2.24) is 4.72 Å². The molecule has 1 N–H and O–H groups in total. The summed E-state index contributed by atoms with van der Waals surface area (Å²) in [6.07, 6.45) is 2.75. The van der Waals surface area contributed by atoms with E-state index in [2.05, 4.69) is 25.5 Å². The van der Waals surface area contributed by atoms with Crippen molar-refractivity contribution in [2.75, 3.05) is 6.61 Å². The van der Waals surface area contributed by atoms with Gasteiger partial charge >= 0.3 is 5.97 Å². The number of nitrogens with one attached hydrogen (secondary N) is 1. The fraction of sp³-hybridized carbons (Fsp3) is 0.722. The summed E-state index contributed by atoms with van der Waals surface area (Å²) in [6, 6.07) is 3.73. The molecule has 0 aliphatic heterocycles. The molecule has 4 nitrogen and oxygen atoms in total. The lowest BCUT2D eigenvalue weighted by Gasteiger charge is -2.28. The van der Waals surface area contributed by atoms with Gasteiger partial charge in [-0.05, 0) is 51.7 Å². The van der Waals surface area contributed by atoms with Gasteiger partial charge in [-0.1, -0.05) is 27.2 Å². The summed E-state index contributed by atoms with van der Waals surface area (Å²) in [6.45, 7) is 12.7. The molecule has 1 unspecified atom stereocenters. The summed E-state index contributed by atoms with van der Waals surface area (Å²) in [5, 5.41) is 0. The Labute approximate surface area is 153 Å². The zero-order valence-corrected chi connectivity index (χ0v) is 17.3. The smallest absolute Gasteiger partial charge is 0.348 e. The van der Waals surface area contributed by atoms with E-state index in [9.17, 15) is 9.35 Å². The summed E-state index contributed by atoms with van der Waals surface area (Å²) in [7, 11) is 0. The van der Waals surface area contributed by atoms with Crippen LogP contribution in [0.5, 0.6) is 0 Å². The van der Waals surface area contributed by atoms with E-state index < -0.39 is 11.4 Å². The van der Waals surface area contributed by atoms with Crippen molar-refractivity contribution in [3.63, 3.8) is 0 Å². The summed E-state index contributed by atoms with van der Waals surface area (Å²) in [4.78, 5) is 13.7. The molecule has 0 spiro atoms. The highest BCUT2D eigenvalue weighted by atomic mass is 32.2. The number of carbonyl (C=O) groups excluding carboxylic acids is 1. The van der Waals surface area contributed by atoms with Gasteiger partial charge in [0.25, 0.3) is 0 Å². The van der Waals surface area contributed by atoms with Crippen molar-refractivity contribution < 1.29 is 14.1 Å². The van der Waals surface area contributed by atoms with E-state index in [-0.39, 0.29) is 16.8 Å². The SMILES string of the molecule is CCCCOC(=O)c1ccc([C@H](CC(C)C)N[S+]([O-])C(C)(C)C)s1. The van der Waals surface area contributed by atoms with Crippen molar-refractivity contribution in [3.8, 4) is 0 Å². The van der Waals surface area contributed by atoms with E-state index in [1.165, 1.54) is 11.3 Å². The molecule has 2 atom stereocenters. The zero-order chi connectivity index (χ0) is 18.3. The van der Waals surface area contributed by atoms with Crippen LogP contribution in [0.2, 0.25) is 0 Å². The summed E-state index contributed by atoms with van der Waals surface area (Å²) in [5.74, 6) is 0.196. The molecule has 0 radical (unpaired) electrons. The highest BCUT2D eigenvalue weighted by Crippen LogP contribution is 2.30. The molecule has 0 amide bonds. The minimum absolute atomic E-state index is 0.0211. The Hall–Kier alpha value is -0.560. The van der Waals surface area contributed by atoms with Gasteiger partial charge in [0.1, 0.15) is 9.62 Å². The maximum Gasteiger partial charge on any atom is 0.348 e. The summed E-state index contributed by atoms with van der Waals surface area (Å²) >= 11 is 0.279. The molecule has 0 aliphatic carbocycles. The average molecular weight is 374 g/mol.